The number of nitro groups is 1. The van der Waals surface area contributed by atoms with Crippen molar-refractivity contribution >= 4 is 27.3 Å². The SMILES string of the molecule is COc1ccc(F)cc1S(=O)(=O)N1CCC[C@H](C(=O)Nc2cccc([N+](=O)[O-])c2)C1. The van der Waals surface area contributed by atoms with Gasteiger partial charge in [0.2, 0.25) is 15.9 Å². The monoisotopic (exact) mass is 437 g/mol. The first-order valence-corrected chi connectivity index (χ1v) is 10.6. The largest absolute Gasteiger partial charge is 0.495 e. The summed E-state index contributed by atoms with van der Waals surface area (Å²) >= 11 is 0. The van der Waals surface area contributed by atoms with Crippen LogP contribution in [0.3, 0.4) is 0 Å². The number of methoxy groups -OCH3 is 1. The second-order valence-electron chi connectivity index (χ2n) is 6.79. The van der Waals surface area contributed by atoms with Gasteiger partial charge < -0.3 is 10.1 Å². The maximum atomic E-state index is 13.7. The van der Waals surface area contributed by atoms with E-state index < -0.39 is 32.6 Å². The van der Waals surface area contributed by atoms with Gasteiger partial charge in [-0.05, 0) is 37.1 Å². The maximum Gasteiger partial charge on any atom is 0.271 e. The lowest BCUT2D eigenvalue weighted by Crippen LogP contribution is -2.43. The van der Waals surface area contributed by atoms with Gasteiger partial charge in [0, 0.05) is 30.9 Å². The number of ether oxygens (including phenoxy) is 1. The maximum absolute atomic E-state index is 13.7. The van der Waals surface area contributed by atoms with Crippen molar-refractivity contribution in [3.8, 4) is 5.75 Å². The number of nitrogens with one attached hydrogen (secondary N) is 1. The second-order valence-corrected chi connectivity index (χ2v) is 8.70. The van der Waals surface area contributed by atoms with Crippen molar-refractivity contribution in [2.24, 2.45) is 5.92 Å². The van der Waals surface area contributed by atoms with E-state index in [0.29, 0.717) is 12.8 Å². The molecule has 1 aliphatic heterocycles. The highest BCUT2D eigenvalue weighted by Crippen LogP contribution is 2.31. The molecule has 3 rings (SSSR count). The fraction of sp³-hybridized carbons (Fsp3) is 0.316. The van der Waals surface area contributed by atoms with E-state index >= 15 is 0 Å². The van der Waals surface area contributed by atoms with Crippen LogP contribution in [0.4, 0.5) is 15.8 Å². The molecule has 1 N–H and O–H groups in total. The van der Waals surface area contributed by atoms with Crippen LogP contribution in [0.25, 0.3) is 0 Å². The Kier molecular flexibility index (Phi) is 6.32. The number of carbonyl (C=O) groups excluding carboxylic acids is 1. The smallest absolute Gasteiger partial charge is 0.271 e. The van der Waals surface area contributed by atoms with Crippen LogP contribution in [0.5, 0.6) is 5.75 Å². The summed E-state index contributed by atoms with van der Waals surface area (Å²) in [4.78, 5) is 22.7. The zero-order valence-electron chi connectivity index (χ0n) is 16.1. The number of non-ortho nitro benzene ring substituents is 1. The summed E-state index contributed by atoms with van der Waals surface area (Å²) in [5.74, 6) is -1.81. The van der Waals surface area contributed by atoms with Crippen molar-refractivity contribution in [3.05, 3.63) is 58.4 Å². The molecule has 1 heterocycles. The summed E-state index contributed by atoms with van der Waals surface area (Å²) < 4.78 is 45.9. The van der Waals surface area contributed by atoms with E-state index in [2.05, 4.69) is 5.32 Å². The number of anilines is 1. The number of nitrogens with zero attached hydrogens (tertiary/aromatic N) is 2. The van der Waals surface area contributed by atoms with E-state index in [0.717, 1.165) is 16.4 Å². The van der Waals surface area contributed by atoms with E-state index in [9.17, 15) is 27.7 Å². The Morgan fingerprint density at radius 1 is 1.30 bits per heavy atom. The third kappa shape index (κ3) is 4.57. The lowest BCUT2D eigenvalue weighted by atomic mass is 9.98. The molecular formula is C19H20FN3O6S. The molecule has 0 aromatic heterocycles. The number of nitro benzene ring substituents is 1. The number of benzene rings is 2. The van der Waals surface area contributed by atoms with Gasteiger partial charge in [-0.2, -0.15) is 4.31 Å². The Labute approximate surface area is 172 Å². The third-order valence-corrected chi connectivity index (χ3v) is 6.71. The average molecular weight is 437 g/mol. The van der Waals surface area contributed by atoms with Crippen LogP contribution in [0.1, 0.15) is 12.8 Å². The molecule has 0 spiro atoms. The molecule has 160 valence electrons. The van der Waals surface area contributed by atoms with Gasteiger partial charge in [0.15, 0.2) is 0 Å². The summed E-state index contributed by atoms with van der Waals surface area (Å²) in [6, 6.07) is 8.72. The molecule has 9 nitrogen and oxygen atoms in total. The molecule has 0 aliphatic carbocycles. The predicted molar refractivity (Wildman–Crippen MR) is 106 cm³/mol. The molecule has 0 bridgehead atoms. The molecule has 0 radical (unpaired) electrons. The van der Waals surface area contributed by atoms with Crippen LogP contribution in [-0.4, -0.2) is 43.8 Å². The highest BCUT2D eigenvalue weighted by Gasteiger charge is 2.35. The number of rotatable bonds is 6. The average Bonchev–Trinajstić information content (AvgIpc) is 2.74. The van der Waals surface area contributed by atoms with Crippen LogP contribution < -0.4 is 10.1 Å². The van der Waals surface area contributed by atoms with E-state index in [1.54, 1.807) is 0 Å². The molecular weight excluding hydrogens is 417 g/mol. The Hall–Kier alpha value is -3.05. The van der Waals surface area contributed by atoms with Crippen molar-refractivity contribution in [1.82, 2.24) is 4.31 Å². The number of sulfonamides is 1. The first-order chi connectivity index (χ1) is 14.2. The van der Waals surface area contributed by atoms with E-state index in [1.807, 2.05) is 0 Å². The second kappa shape index (κ2) is 8.76. The number of halogens is 1. The summed E-state index contributed by atoms with van der Waals surface area (Å²) in [5, 5.41) is 13.5. The zero-order valence-corrected chi connectivity index (χ0v) is 16.9. The van der Waals surface area contributed by atoms with Gasteiger partial charge in [-0.25, -0.2) is 12.8 Å². The highest BCUT2D eigenvalue weighted by molar-refractivity contribution is 7.89. The Morgan fingerprint density at radius 3 is 2.77 bits per heavy atom. The van der Waals surface area contributed by atoms with Crippen molar-refractivity contribution in [2.75, 3.05) is 25.5 Å². The van der Waals surface area contributed by atoms with Crippen LogP contribution in [0, 0.1) is 21.8 Å². The normalized spacial score (nSPS) is 17.3. The van der Waals surface area contributed by atoms with Gasteiger partial charge in [-0.3, -0.25) is 14.9 Å². The number of carbonyl (C=O) groups is 1. The summed E-state index contributed by atoms with van der Waals surface area (Å²) in [7, 11) is -2.80. The molecule has 30 heavy (non-hydrogen) atoms. The number of amides is 1. The zero-order chi connectivity index (χ0) is 21.9. The predicted octanol–water partition coefficient (Wildman–Crippen LogP) is 2.78. The topological polar surface area (TPSA) is 119 Å². The number of piperidine rings is 1. The molecule has 0 saturated carbocycles. The number of hydrogen-bond donors (Lipinski definition) is 1. The molecule has 1 saturated heterocycles. The molecule has 1 aliphatic rings. The Balaban J connectivity index is 1.78. The minimum absolute atomic E-state index is 0.0135. The third-order valence-electron chi connectivity index (χ3n) is 4.82. The summed E-state index contributed by atoms with van der Waals surface area (Å²) in [6.45, 7) is 0.0886. The van der Waals surface area contributed by atoms with Crippen LogP contribution in [0.2, 0.25) is 0 Å². The van der Waals surface area contributed by atoms with Gasteiger partial charge >= 0.3 is 0 Å². The molecule has 11 heteroatoms. The highest BCUT2D eigenvalue weighted by atomic mass is 32.2. The van der Waals surface area contributed by atoms with Crippen molar-refractivity contribution < 1.29 is 27.3 Å². The van der Waals surface area contributed by atoms with Crippen LogP contribution >= 0.6 is 0 Å². The molecule has 1 amide bonds. The summed E-state index contributed by atoms with van der Waals surface area (Å²) in [6.07, 6.45) is 0.886. The minimum Gasteiger partial charge on any atom is -0.495 e. The van der Waals surface area contributed by atoms with Crippen LogP contribution in [0.15, 0.2) is 47.4 Å². The van der Waals surface area contributed by atoms with E-state index in [-0.39, 0.29) is 35.1 Å². The van der Waals surface area contributed by atoms with Crippen LogP contribution in [-0.2, 0) is 14.8 Å². The van der Waals surface area contributed by atoms with Gasteiger partial charge in [-0.15, -0.1) is 0 Å². The Morgan fingerprint density at radius 2 is 2.07 bits per heavy atom. The number of hydrogen-bond acceptors (Lipinski definition) is 6. The van der Waals surface area contributed by atoms with E-state index in [1.165, 1.54) is 37.4 Å². The first-order valence-electron chi connectivity index (χ1n) is 9.11. The molecule has 1 atom stereocenters. The van der Waals surface area contributed by atoms with Gasteiger partial charge in [0.1, 0.15) is 16.5 Å². The van der Waals surface area contributed by atoms with Crippen molar-refractivity contribution in [3.63, 3.8) is 0 Å². The van der Waals surface area contributed by atoms with Crippen molar-refractivity contribution in [1.29, 1.82) is 0 Å². The Bertz CT molecular complexity index is 1080. The standard InChI is InChI=1S/C19H20FN3O6S/c1-29-17-8-7-14(20)10-18(17)30(27,28)22-9-3-4-13(12-22)19(24)21-15-5-2-6-16(11-15)23(25)26/h2,5-8,10-11,13H,3-4,9,12H2,1H3,(H,21,24)/t13-/m0/s1. The van der Waals surface area contributed by atoms with E-state index in [4.69, 9.17) is 4.74 Å². The lowest BCUT2D eigenvalue weighted by Gasteiger charge is -2.31. The molecule has 2 aromatic carbocycles. The molecule has 1 fully saturated rings. The van der Waals surface area contributed by atoms with Gasteiger partial charge in [0.25, 0.3) is 5.69 Å². The molecule has 0 unspecified atom stereocenters. The quantitative estimate of drug-likeness (QED) is 0.548. The minimum atomic E-state index is -4.09. The van der Waals surface area contributed by atoms with Gasteiger partial charge in [-0.1, -0.05) is 6.07 Å². The first kappa shape index (κ1) is 21.7. The van der Waals surface area contributed by atoms with Crippen molar-refractivity contribution in [2.45, 2.75) is 17.7 Å². The molecule has 2 aromatic rings. The lowest BCUT2D eigenvalue weighted by molar-refractivity contribution is -0.384. The van der Waals surface area contributed by atoms with Gasteiger partial charge in [0.05, 0.1) is 18.0 Å². The fourth-order valence-corrected chi connectivity index (χ4v) is 5.00. The fourth-order valence-electron chi connectivity index (χ4n) is 3.31. The summed E-state index contributed by atoms with van der Waals surface area (Å²) in [5.41, 5.74) is 0.0832.